The Morgan fingerprint density at radius 2 is 2.04 bits per heavy atom. The van der Waals surface area contributed by atoms with Gasteiger partial charge >= 0.3 is 0 Å². The summed E-state index contributed by atoms with van der Waals surface area (Å²) in [6.07, 6.45) is 4.89. The normalized spacial score (nSPS) is 10.7. The summed E-state index contributed by atoms with van der Waals surface area (Å²) < 4.78 is 0. The number of nitrogens with zero attached hydrogens (tertiary/aromatic N) is 2. The molecule has 2 aromatic rings. The lowest BCUT2D eigenvalue weighted by atomic mass is 10.2. The van der Waals surface area contributed by atoms with Crippen LogP contribution < -0.4 is 5.32 Å². The van der Waals surface area contributed by atoms with Crippen LogP contribution in [-0.2, 0) is 11.2 Å². The van der Waals surface area contributed by atoms with Crippen molar-refractivity contribution in [3.63, 3.8) is 0 Å². The maximum Gasteiger partial charge on any atom is 0.227 e. The number of aromatic nitrogens is 2. The Hall–Kier alpha value is -1.11. The van der Waals surface area contributed by atoms with Gasteiger partial charge in [-0.25, -0.2) is 0 Å². The predicted octanol–water partition coefficient (Wildman–Crippen LogP) is 5.05. The van der Waals surface area contributed by atoms with Gasteiger partial charge in [-0.2, -0.15) is 0 Å². The summed E-state index contributed by atoms with van der Waals surface area (Å²) in [7, 11) is 0. The van der Waals surface area contributed by atoms with E-state index in [1.54, 1.807) is 11.8 Å². The van der Waals surface area contributed by atoms with Crippen molar-refractivity contribution in [1.29, 1.82) is 0 Å². The van der Waals surface area contributed by atoms with E-state index in [9.17, 15) is 4.79 Å². The Bertz CT molecular complexity index is 616. The number of hydrogen-bond donors (Lipinski definition) is 1. The van der Waals surface area contributed by atoms with Gasteiger partial charge in [-0.1, -0.05) is 42.7 Å². The van der Waals surface area contributed by atoms with Gasteiger partial charge in [-0.15, -0.1) is 22.0 Å². The predicted molar refractivity (Wildman–Crippen MR) is 98.6 cm³/mol. The average Bonchev–Trinajstić information content (AvgIpc) is 2.97. The van der Waals surface area contributed by atoms with Crippen molar-refractivity contribution in [2.24, 2.45) is 0 Å². The van der Waals surface area contributed by atoms with Gasteiger partial charge < -0.3 is 5.32 Å². The summed E-state index contributed by atoms with van der Waals surface area (Å²) in [5, 5.41) is 13.3. The van der Waals surface area contributed by atoms with Crippen LogP contribution in [0.4, 0.5) is 5.13 Å². The minimum atomic E-state index is -0.0253. The second kappa shape index (κ2) is 9.90. The quantitative estimate of drug-likeness (QED) is 0.496. The van der Waals surface area contributed by atoms with Gasteiger partial charge in [0.1, 0.15) is 5.01 Å². The first-order valence-electron chi connectivity index (χ1n) is 7.68. The molecule has 0 radical (unpaired) electrons. The minimum Gasteiger partial charge on any atom is -0.301 e. The van der Waals surface area contributed by atoms with Crippen LogP contribution in [0.25, 0.3) is 0 Å². The summed E-state index contributed by atoms with van der Waals surface area (Å²) in [5.41, 5.74) is 0. The number of benzene rings is 1. The number of halogens is 1. The van der Waals surface area contributed by atoms with E-state index in [4.69, 9.17) is 11.6 Å². The van der Waals surface area contributed by atoms with Crippen molar-refractivity contribution in [3.05, 3.63) is 34.3 Å². The van der Waals surface area contributed by atoms with Crippen molar-refractivity contribution >= 4 is 45.7 Å². The first kappa shape index (κ1) is 18.2. The lowest BCUT2D eigenvalue weighted by Crippen LogP contribution is -2.11. The van der Waals surface area contributed by atoms with Gasteiger partial charge in [-0.05, 0) is 30.7 Å². The number of nitrogens with one attached hydrogen (secondary N) is 1. The molecule has 1 heterocycles. The number of hydrogen-bond acceptors (Lipinski definition) is 5. The smallest absolute Gasteiger partial charge is 0.227 e. The van der Waals surface area contributed by atoms with Crippen LogP contribution in [0, 0.1) is 0 Å². The fourth-order valence-corrected chi connectivity index (χ4v) is 3.68. The molecule has 0 unspecified atom stereocenters. The standard InChI is InChI=1S/C16H20ClN3OS2/c1-2-3-4-5-15-19-20-16(23-15)18-14(21)10-11-22-13-8-6-12(17)7-9-13/h6-9H,2-5,10-11H2,1H3,(H,18,20,21). The zero-order valence-electron chi connectivity index (χ0n) is 13.0. The molecule has 0 saturated carbocycles. The van der Waals surface area contributed by atoms with Crippen LogP contribution in [0.3, 0.4) is 0 Å². The molecule has 124 valence electrons. The van der Waals surface area contributed by atoms with Crippen LogP contribution in [0.5, 0.6) is 0 Å². The van der Waals surface area contributed by atoms with Crippen molar-refractivity contribution < 1.29 is 4.79 Å². The second-order valence-corrected chi connectivity index (χ2v) is 7.73. The topological polar surface area (TPSA) is 54.9 Å². The van der Waals surface area contributed by atoms with E-state index < -0.39 is 0 Å². The van der Waals surface area contributed by atoms with Crippen LogP contribution >= 0.6 is 34.7 Å². The Morgan fingerprint density at radius 1 is 1.26 bits per heavy atom. The first-order chi connectivity index (χ1) is 11.2. The van der Waals surface area contributed by atoms with Gasteiger partial charge in [0.2, 0.25) is 11.0 Å². The van der Waals surface area contributed by atoms with Gasteiger partial charge in [-0.3, -0.25) is 4.79 Å². The fourth-order valence-electron chi connectivity index (χ4n) is 1.91. The zero-order valence-corrected chi connectivity index (χ0v) is 15.4. The third kappa shape index (κ3) is 6.89. The highest BCUT2D eigenvalue weighted by atomic mass is 35.5. The Labute approximate surface area is 150 Å². The number of rotatable bonds is 9. The molecule has 0 aliphatic carbocycles. The molecular formula is C16H20ClN3OS2. The van der Waals surface area contributed by atoms with Crippen LogP contribution in [0.15, 0.2) is 29.2 Å². The molecular weight excluding hydrogens is 350 g/mol. The second-order valence-electron chi connectivity index (χ2n) is 5.06. The minimum absolute atomic E-state index is 0.0253. The van der Waals surface area contributed by atoms with Gasteiger partial charge in [0.15, 0.2) is 0 Å². The molecule has 1 aromatic carbocycles. The SMILES string of the molecule is CCCCCc1nnc(NC(=O)CCSc2ccc(Cl)cc2)s1. The summed E-state index contributed by atoms with van der Waals surface area (Å²) in [6, 6.07) is 7.62. The molecule has 0 atom stereocenters. The van der Waals surface area contributed by atoms with Gasteiger partial charge in [0, 0.05) is 28.5 Å². The molecule has 4 nitrogen and oxygen atoms in total. The van der Waals surface area contributed by atoms with E-state index in [0.29, 0.717) is 11.6 Å². The van der Waals surface area contributed by atoms with Gasteiger partial charge in [0.05, 0.1) is 0 Å². The van der Waals surface area contributed by atoms with E-state index in [-0.39, 0.29) is 5.91 Å². The monoisotopic (exact) mass is 369 g/mol. The van der Waals surface area contributed by atoms with Crippen LogP contribution in [-0.4, -0.2) is 21.9 Å². The number of anilines is 1. The Kier molecular flexibility index (Phi) is 7.85. The average molecular weight is 370 g/mol. The molecule has 23 heavy (non-hydrogen) atoms. The van der Waals surface area contributed by atoms with Crippen molar-refractivity contribution in [2.75, 3.05) is 11.1 Å². The summed E-state index contributed by atoms with van der Waals surface area (Å²) in [4.78, 5) is 13.0. The van der Waals surface area contributed by atoms with E-state index in [1.807, 2.05) is 24.3 Å². The molecule has 0 saturated heterocycles. The number of amides is 1. The van der Waals surface area contributed by atoms with E-state index in [1.165, 1.54) is 24.2 Å². The largest absolute Gasteiger partial charge is 0.301 e. The van der Waals surface area contributed by atoms with Crippen molar-refractivity contribution in [1.82, 2.24) is 10.2 Å². The molecule has 0 bridgehead atoms. The molecule has 0 fully saturated rings. The highest BCUT2D eigenvalue weighted by Gasteiger charge is 2.08. The Morgan fingerprint density at radius 3 is 2.78 bits per heavy atom. The third-order valence-corrected chi connectivity index (χ3v) is 5.28. The third-order valence-electron chi connectivity index (χ3n) is 3.12. The summed E-state index contributed by atoms with van der Waals surface area (Å²) >= 11 is 8.95. The molecule has 7 heteroatoms. The van der Waals surface area contributed by atoms with Gasteiger partial charge in [0.25, 0.3) is 0 Å². The maximum absolute atomic E-state index is 11.9. The number of carbonyl (C=O) groups excluding carboxylic acids is 1. The molecule has 1 amide bonds. The maximum atomic E-state index is 11.9. The molecule has 0 spiro atoms. The molecule has 1 N–H and O–H groups in total. The zero-order chi connectivity index (χ0) is 16.5. The van der Waals surface area contributed by atoms with E-state index >= 15 is 0 Å². The molecule has 1 aromatic heterocycles. The highest BCUT2D eigenvalue weighted by Crippen LogP contribution is 2.22. The van der Waals surface area contributed by atoms with Crippen molar-refractivity contribution in [3.8, 4) is 0 Å². The molecule has 2 rings (SSSR count). The van der Waals surface area contributed by atoms with Crippen molar-refractivity contribution in [2.45, 2.75) is 43.9 Å². The first-order valence-corrected chi connectivity index (χ1v) is 9.86. The lowest BCUT2D eigenvalue weighted by Gasteiger charge is -2.02. The number of carbonyl (C=O) groups is 1. The number of thioether (sulfide) groups is 1. The number of unbranched alkanes of at least 4 members (excludes halogenated alkanes) is 2. The molecule has 0 aliphatic heterocycles. The van der Waals surface area contributed by atoms with E-state index in [0.717, 1.165) is 33.5 Å². The number of aryl methyl sites for hydroxylation is 1. The lowest BCUT2D eigenvalue weighted by molar-refractivity contribution is -0.115. The fraction of sp³-hybridized carbons (Fsp3) is 0.438. The van der Waals surface area contributed by atoms with Crippen LogP contribution in [0.2, 0.25) is 5.02 Å². The Balaban J connectivity index is 1.69. The summed E-state index contributed by atoms with van der Waals surface area (Å²) in [5.74, 6) is 0.693. The molecule has 0 aliphatic rings. The van der Waals surface area contributed by atoms with Crippen LogP contribution in [0.1, 0.15) is 37.6 Å². The van der Waals surface area contributed by atoms with E-state index in [2.05, 4.69) is 22.4 Å². The highest BCUT2D eigenvalue weighted by molar-refractivity contribution is 7.99. The summed E-state index contributed by atoms with van der Waals surface area (Å²) in [6.45, 7) is 2.17.